The Balaban J connectivity index is 2.64. The van der Waals surface area contributed by atoms with Gasteiger partial charge in [0.05, 0.1) is 0 Å². The molecule has 0 amide bonds. The second-order valence-electron chi connectivity index (χ2n) is 5.67. The lowest BCUT2D eigenvalue weighted by atomic mass is 10.0. The Bertz CT molecular complexity index is 729. The van der Waals surface area contributed by atoms with Crippen molar-refractivity contribution in [2.45, 2.75) is 33.2 Å². The molecule has 0 radical (unpaired) electrons. The summed E-state index contributed by atoms with van der Waals surface area (Å²) in [6, 6.07) is 8.64. The van der Waals surface area contributed by atoms with Crippen LogP contribution in [-0.2, 0) is 0 Å². The van der Waals surface area contributed by atoms with Crippen LogP contribution in [0.5, 0.6) is 5.88 Å². The summed E-state index contributed by atoms with van der Waals surface area (Å²) in [7, 11) is 0. The predicted molar refractivity (Wildman–Crippen MR) is 82.6 cm³/mol. The highest BCUT2D eigenvalue weighted by Crippen LogP contribution is 2.27. The molecule has 2 aromatic rings. The van der Waals surface area contributed by atoms with E-state index < -0.39 is 11.2 Å². The molecule has 2 N–H and O–H groups in total. The van der Waals surface area contributed by atoms with Gasteiger partial charge >= 0.3 is 5.69 Å². The molecular weight excluding hydrogens is 268 g/mol. The Morgan fingerprint density at radius 2 is 1.76 bits per heavy atom. The molecule has 0 aliphatic rings. The zero-order valence-corrected chi connectivity index (χ0v) is 12.5. The van der Waals surface area contributed by atoms with Crippen molar-refractivity contribution < 1.29 is 5.11 Å². The van der Waals surface area contributed by atoms with E-state index in [2.05, 4.69) is 4.98 Å². The lowest BCUT2D eigenvalue weighted by Crippen LogP contribution is -2.33. The van der Waals surface area contributed by atoms with Crippen molar-refractivity contribution in [2.75, 3.05) is 0 Å². The summed E-state index contributed by atoms with van der Waals surface area (Å²) in [6.45, 7) is 5.94. The van der Waals surface area contributed by atoms with Crippen LogP contribution in [0.1, 0.15) is 33.2 Å². The number of H-pyrrole nitrogens is 1. The Labute approximate surface area is 122 Å². The summed E-state index contributed by atoms with van der Waals surface area (Å²) in [4.78, 5) is 26.3. The molecule has 0 saturated carbocycles. The molecule has 5 heteroatoms. The normalized spacial score (nSPS) is 12.6. The van der Waals surface area contributed by atoms with Crippen LogP contribution in [0, 0.1) is 5.92 Å². The average Bonchev–Trinajstić information content (AvgIpc) is 2.38. The fourth-order valence-electron chi connectivity index (χ4n) is 2.60. The molecule has 1 aromatic carbocycles. The van der Waals surface area contributed by atoms with E-state index in [1.807, 2.05) is 26.8 Å². The van der Waals surface area contributed by atoms with Gasteiger partial charge in [-0.3, -0.25) is 14.3 Å². The molecule has 0 spiro atoms. The Hall–Kier alpha value is -2.30. The predicted octanol–water partition coefficient (Wildman–Crippen LogP) is 2.52. The van der Waals surface area contributed by atoms with Gasteiger partial charge in [-0.15, -0.1) is 0 Å². The van der Waals surface area contributed by atoms with Gasteiger partial charge in [0, 0.05) is 6.04 Å². The second kappa shape index (κ2) is 5.99. The van der Waals surface area contributed by atoms with E-state index in [0.717, 1.165) is 6.42 Å². The number of aromatic nitrogens is 2. The summed E-state index contributed by atoms with van der Waals surface area (Å²) in [6.07, 6.45) is 0.730. The highest BCUT2D eigenvalue weighted by atomic mass is 16.3. The maximum Gasteiger partial charge on any atom is 0.331 e. The fourth-order valence-corrected chi connectivity index (χ4v) is 2.60. The number of aromatic amines is 1. The molecule has 0 aliphatic carbocycles. The first-order chi connectivity index (χ1) is 9.91. The summed E-state index contributed by atoms with van der Waals surface area (Å²) < 4.78 is 1.25. The quantitative estimate of drug-likeness (QED) is 0.907. The molecule has 1 heterocycles. The van der Waals surface area contributed by atoms with Crippen molar-refractivity contribution in [3.05, 3.63) is 51.2 Å². The first-order valence-corrected chi connectivity index (χ1v) is 7.05. The minimum Gasteiger partial charge on any atom is -0.494 e. The fraction of sp³-hybridized carbons (Fsp3) is 0.375. The molecule has 112 valence electrons. The maximum absolute atomic E-state index is 12.0. The van der Waals surface area contributed by atoms with E-state index in [-0.39, 0.29) is 17.5 Å². The third-order valence-corrected chi connectivity index (χ3v) is 3.43. The van der Waals surface area contributed by atoms with E-state index in [1.165, 1.54) is 4.57 Å². The highest BCUT2D eigenvalue weighted by Gasteiger charge is 2.19. The van der Waals surface area contributed by atoms with Crippen LogP contribution in [0.2, 0.25) is 0 Å². The van der Waals surface area contributed by atoms with Crippen molar-refractivity contribution in [3.63, 3.8) is 0 Å². The average molecular weight is 288 g/mol. The zero-order chi connectivity index (χ0) is 15.6. The van der Waals surface area contributed by atoms with Crippen molar-refractivity contribution in [1.29, 1.82) is 0 Å². The smallest absolute Gasteiger partial charge is 0.331 e. The van der Waals surface area contributed by atoms with Crippen molar-refractivity contribution in [1.82, 2.24) is 9.55 Å². The Kier molecular flexibility index (Phi) is 4.31. The molecule has 0 fully saturated rings. The van der Waals surface area contributed by atoms with Crippen LogP contribution in [0.15, 0.2) is 39.9 Å². The molecule has 0 bridgehead atoms. The topological polar surface area (TPSA) is 75.1 Å². The summed E-state index contributed by atoms with van der Waals surface area (Å²) in [5, 5.41) is 10.4. The number of hydrogen-bond acceptors (Lipinski definition) is 3. The van der Waals surface area contributed by atoms with Crippen LogP contribution in [0.25, 0.3) is 11.1 Å². The SMILES string of the molecule is CC(C)CC(C)n1c(O)c(-c2ccccc2)c(=O)[nH]c1=O. The molecule has 2 rings (SSSR count). The van der Waals surface area contributed by atoms with Crippen LogP contribution in [0.4, 0.5) is 0 Å². The summed E-state index contributed by atoms with van der Waals surface area (Å²) >= 11 is 0. The lowest BCUT2D eigenvalue weighted by Gasteiger charge is -2.19. The van der Waals surface area contributed by atoms with E-state index in [0.29, 0.717) is 11.5 Å². The van der Waals surface area contributed by atoms with Gasteiger partial charge in [-0.05, 0) is 24.8 Å². The Morgan fingerprint density at radius 1 is 1.14 bits per heavy atom. The molecule has 1 unspecified atom stereocenters. The molecule has 0 aliphatic heterocycles. The van der Waals surface area contributed by atoms with Gasteiger partial charge in [-0.1, -0.05) is 44.2 Å². The van der Waals surface area contributed by atoms with E-state index >= 15 is 0 Å². The van der Waals surface area contributed by atoms with Gasteiger partial charge in [0.2, 0.25) is 5.88 Å². The van der Waals surface area contributed by atoms with Crippen molar-refractivity contribution in [3.8, 4) is 17.0 Å². The standard InChI is InChI=1S/C16H20N2O3/c1-10(2)9-11(3)18-15(20)13(14(19)17-16(18)21)12-7-5-4-6-8-12/h4-8,10-11,20H,9H2,1-3H3,(H,17,19,21). The number of nitrogens with one attached hydrogen (secondary N) is 1. The zero-order valence-electron chi connectivity index (χ0n) is 12.5. The van der Waals surface area contributed by atoms with E-state index in [4.69, 9.17) is 0 Å². The summed E-state index contributed by atoms with van der Waals surface area (Å²) in [5.74, 6) is 0.0986. The molecule has 0 saturated heterocycles. The third kappa shape index (κ3) is 3.07. The Morgan fingerprint density at radius 3 is 2.33 bits per heavy atom. The number of aromatic hydroxyl groups is 1. The minimum atomic E-state index is -0.578. The number of rotatable bonds is 4. The molecular formula is C16H20N2O3. The number of nitrogens with zero attached hydrogens (tertiary/aromatic N) is 1. The van der Waals surface area contributed by atoms with Crippen molar-refractivity contribution in [2.24, 2.45) is 5.92 Å². The van der Waals surface area contributed by atoms with Crippen LogP contribution in [0.3, 0.4) is 0 Å². The van der Waals surface area contributed by atoms with Gasteiger partial charge in [0.1, 0.15) is 5.56 Å². The van der Waals surface area contributed by atoms with E-state index in [9.17, 15) is 14.7 Å². The monoisotopic (exact) mass is 288 g/mol. The van der Waals surface area contributed by atoms with Gasteiger partial charge in [0.15, 0.2) is 0 Å². The lowest BCUT2D eigenvalue weighted by molar-refractivity contribution is 0.343. The second-order valence-corrected chi connectivity index (χ2v) is 5.67. The van der Waals surface area contributed by atoms with E-state index in [1.54, 1.807) is 24.3 Å². The highest BCUT2D eigenvalue weighted by molar-refractivity contribution is 5.67. The minimum absolute atomic E-state index is 0.130. The van der Waals surface area contributed by atoms with Crippen LogP contribution >= 0.6 is 0 Å². The largest absolute Gasteiger partial charge is 0.494 e. The maximum atomic E-state index is 12.0. The first-order valence-electron chi connectivity index (χ1n) is 7.05. The third-order valence-electron chi connectivity index (χ3n) is 3.43. The number of benzene rings is 1. The molecule has 5 nitrogen and oxygen atoms in total. The van der Waals surface area contributed by atoms with Crippen molar-refractivity contribution >= 4 is 0 Å². The van der Waals surface area contributed by atoms with Gasteiger partial charge in [0.25, 0.3) is 5.56 Å². The summed E-state index contributed by atoms with van der Waals surface area (Å²) in [5.41, 5.74) is -0.436. The van der Waals surface area contributed by atoms with Crippen LogP contribution in [-0.4, -0.2) is 14.7 Å². The molecule has 1 aromatic heterocycles. The molecule has 21 heavy (non-hydrogen) atoms. The van der Waals surface area contributed by atoms with Gasteiger partial charge in [-0.2, -0.15) is 0 Å². The van der Waals surface area contributed by atoms with Gasteiger partial charge < -0.3 is 5.11 Å². The number of hydrogen-bond donors (Lipinski definition) is 2. The van der Waals surface area contributed by atoms with Crippen LogP contribution < -0.4 is 11.2 Å². The molecule has 1 atom stereocenters. The van der Waals surface area contributed by atoms with Gasteiger partial charge in [-0.25, -0.2) is 4.79 Å². The first kappa shape index (κ1) is 15.1.